The van der Waals surface area contributed by atoms with E-state index in [0.717, 1.165) is 11.3 Å². The average Bonchev–Trinajstić information content (AvgIpc) is 2.87. The SMILES string of the molecule is CCOCC(=O)OCC(=O)Nc1sc(C(C)=O)c(C)c1C(=O)OCC. The number of rotatable bonds is 9. The second-order valence-corrected chi connectivity index (χ2v) is 5.90. The second-order valence-electron chi connectivity index (χ2n) is 4.88. The average molecular weight is 371 g/mol. The van der Waals surface area contributed by atoms with Crippen LogP contribution in [-0.2, 0) is 23.8 Å². The summed E-state index contributed by atoms with van der Waals surface area (Å²) in [6, 6.07) is 0. The summed E-state index contributed by atoms with van der Waals surface area (Å²) < 4.78 is 14.6. The van der Waals surface area contributed by atoms with Crippen LogP contribution >= 0.6 is 11.3 Å². The predicted octanol–water partition coefficient (Wildman–Crippen LogP) is 1.95. The van der Waals surface area contributed by atoms with Crippen LogP contribution in [0, 0.1) is 6.92 Å². The lowest BCUT2D eigenvalue weighted by molar-refractivity contribution is -0.151. The van der Waals surface area contributed by atoms with Crippen molar-refractivity contribution in [3.05, 3.63) is 16.0 Å². The largest absolute Gasteiger partial charge is 0.462 e. The zero-order chi connectivity index (χ0) is 19.0. The summed E-state index contributed by atoms with van der Waals surface area (Å²) >= 11 is 0.977. The van der Waals surface area contributed by atoms with Gasteiger partial charge in [0.05, 0.1) is 17.0 Å². The molecule has 0 aliphatic rings. The molecule has 1 amide bonds. The van der Waals surface area contributed by atoms with E-state index in [0.29, 0.717) is 17.0 Å². The van der Waals surface area contributed by atoms with Crippen molar-refractivity contribution >= 4 is 40.0 Å². The van der Waals surface area contributed by atoms with Crippen LogP contribution in [0.4, 0.5) is 5.00 Å². The molecule has 0 unspecified atom stereocenters. The molecule has 0 aliphatic heterocycles. The van der Waals surface area contributed by atoms with Crippen molar-refractivity contribution in [2.75, 3.05) is 31.7 Å². The van der Waals surface area contributed by atoms with Crippen molar-refractivity contribution in [3.63, 3.8) is 0 Å². The number of hydrogen-bond donors (Lipinski definition) is 1. The topological polar surface area (TPSA) is 108 Å². The van der Waals surface area contributed by atoms with Crippen LogP contribution in [0.25, 0.3) is 0 Å². The Kier molecular flexibility index (Phi) is 8.23. The van der Waals surface area contributed by atoms with E-state index in [1.54, 1.807) is 20.8 Å². The highest BCUT2D eigenvalue weighted by Crippen LogP contribution is 2.34. The summed E-state index contributed by atoms with van der Waals surface area (Å²) in [7, 11) is 0. The lowest BCUT2D eigenvalue weighted by atomic mass is 10.1. The Morgan fingerprint density at radius 2 is 1.72 bits per heavy atom. The molecule has 25 heavy (non-hydrogen) atoms. The molecule has 0 atom stereocenters. The van der Waals surface area contributed by atoms with Gasteiger partial charge in [-0.3, -0.25) is 9.59 Å². The molecule has 0 aliphatic carbocycles. The third kappa shape index (κ3) is 5.95. The number of hydrogen-bond acceptors (Lipinski definition) is 8. The van der Waals surface area contributed by atoms with Gasteiger partial charge in [-0.2, -0.15) is 0 Å². The number of esters is 2. The minimum absolute atomic E-state index is 0.131. The summed E-state index contributed by atoms with van der Waals surface area (Å²) in [4.78, 5) is 47.4. The Hall–Kier alpha value is -2.26. The minimum Gasteiger partial charge on any atom is -0.462 e. The van der Waals surface area contributed by atoms with Crippen molar-refractivity contribution in [1.29, 1.82) is 0 Å². The number of anilines is 1. The second kappa shape index (κ2) is 9.90. The molecule has 1 rings (SSSR count). The molecule has 138 valence electrons. The van der Waals surface area contributed by atoms with E-state index < -0.39 is 24.5 Å². The fourth-order valence-corrected chi connectivity index (χ4v) is 3.03. The van der Waals surface area contributed by atoms with Crippen LogP contribution in [0.5, 0.6) is 0 Å². The Morgan fingerprint density at radius 3 is 2.28 bits per heavy atom. The maximum atomic E-state index is 12.1. The molecule has 0 fully saturated rings. The lowest BCUT2D eigenvalue weighted by Crippen LogP contribution is -2.23. The third-order valence-corrected chi connectivity index (χ3v) is 4.30. The Balaban J connectivity index is 2.87. The fourth-order valence-electron chi connectivity index (χ4n) is 1.92. The van der Waals surface area contributed by atoms with E-state index in [-0.39, 0.29) is 29.6 Å². The van der Waals surface area contributed by atoms with Crippen LogP contribution in [0.1, 0.15) is 46.4 Å². The third-order valence-electron chi connectivity index (χ3n) is 2.99. The molecule has 0 bridgehead atoms. The lowest BCUT2D eigenvalue weighted by Gasteiger charge is -2.08. The molecule has 1 aromatic heterocycles. The maximum absolute atomic E-state index is 12.1. The van der Waals surface area contributed by atoms with Gasteiger partial charge in [0.25, 0.3) is 5.91 Å². The normalized spacial score (nSPS) is 10.2. The van der Waals surface area contributed by atoms with E-state index >= 15 is 0 Å². The smallest absolute Gasteiger partial charge is 0.341 e. The Bertz CT molecular complexity index is 666. The Morgan fingerprint density at radius 1 is 1.04 bits per heavy atom. The van der Waals surface area contributed by atoms with Gasteiger partial charge in [-0.25, -0.2) is 9.59 Å². The van der Waals surface area contributed by atoms with E-state index in [2.05, 4.69) is 5.32 Å². The molecule has 1 aromatic rings. The number of Topliss-reactive ketones (excluding diaryl/α,β-unsaturated/α-hetero) is 1. The van der Waals surface area contributed by atoms with Gasteiger partial charge in [-0.1, -0.05) is 0 Å². The molecule has 1 N–H and O–H groups in total. The van der Waals surface area contributed by atoms with Gasteiger partial charge in [-0.05, 0) is 33.3 Å². The monoisotopic (exact) mass is 371 g/mol. The highest BCUT2D eigenvalue weighted by atomic mass is 32.1. The van der Waals surface area contributed by atoms with Crippen molar-refractivity contribution in [2.45, 2.75) is 27.7 Å². The van der Waals surface area contributed by atoms with Crippen LogP contribution in [0.2, 0.25) is 0 Å². The minimum atomic E-state index is -0.672. The van der Waals surface area contributed by atoms with Gasteiger partial charge in [0.15, 0.2) is 12.4 Å². The summed E-state index contributed by atoms with van der Waals surface area (Å²) in [5.41, 5.74) is 0.575. The number of carbonyl (C=O) groups is 4. The van der Waals surface area contributed by atoms with E-state index in [4.69, 9.17) is 14.2 Å². The van der Waals surface area contributed by atoms with Gasteiger partial charge < -0.3 is 19.5 Å². The maximum Gasteiger partial charge on any atom is 0.341 e. The molecule has 0 radical (unpaired) electrons. The van der Waals surface area contributed by atoms with Gasteiger partial charge in [-0.15, -0.1) is 11.3 Å². The fraction of sp³-hybridized carbons (Fsp3) is 0.500. The molecule has 0 spiro atoms. The van der Waals surface area contributed by atoms with Gasteiger partial charge in [0.2, 0.25) is 0 Å². The molecular weight excluding hydrogens is 350 g/mol. The zero-order valence-corrected chi connectivity index (χ0v) is 15.4. The van der Waals surface area contributed by atoms with Gasteiger partial charge in [0.1, 0.15) is 11.6 Å². The molecule has 0 saturated carbocycles. The number of thiophene rings is 1. The van der Waals surface area contributed by atoms with E-state index in [1.165, 1.54) is 6.92 Å². The van der Waals surface area contributed by atoms with Gasteiger partial charge >= 0.3 is 11.9 Å². The van der Waals surface area contributed by atoms with Crippen LogP contribution in [0.3, 0.4) is 0 Å². The van der Waals surface area contributed by atoms with Crippen molar-refractivity contribution in [1.82, 2.24) is 0 Å². The summed E-state index contributed by atoms with van der Waals surface area (Å²) in [5.74, 6) is -2.16. The molecule has 9 heteroatoms. The molecular formula is C16H21NO7S. The van der Waals surface area contributed by atoms with Crippen LogP contribution < -0.4 is 5.32 Å². The van der Waals surface area contributed by atoms with Crippen molar-refractivity contribution in [3.8, 4) is 0 Å². The number of carbonyl (C=O) groups excluding carboxylic acids is 4. The Labute approximate surface area is 149 Å². The quantitative estimate of drug-likeness (QED) is 0.522. The molecule has 8 nitrogen and oxygen atoms in total. The van der Waals surface area contributed by atoms with E-state index in [1.807, 2.05) is 0 Å². The highest BCUT2D eigenvalue weighted by Gasteiger charge is 2.25. The first kappa shape index (κ1) is 20.8. The van der Waals surface area contributed by atoms with Gasteiger partial charge in [0, 0.05) is 6.61 Å². The highest BCUT2D eigenvalue weighted by molar-refractivity contribution is 7.18. The zero-order valence-electron chi connectivity index (χ0n) is 14.6. The number of nitrogens with one attached hydrogen (secondary N) is 1. The number of amides is 1. The molecule has 0 saturated heterocycles. The van der Waals surface area contributed by atoms with Crippen LogP contribution in [0.15, 0.2) is 0 Å². The van der Waals surface area contributed by atoms with Crippen LogP contribution in [-0.4, -0.2) is 50.1 Å². The summed E-state index contributed by atoms with van der Waals surface area (Å²) in [6.07, 6.45) is 0. The first-order chi connectivity index (χ1) is 11.8. The first-order valence-electron chi connectivity index (χ1n) is 7.66. The predicted molar refractivity (Wildman–Crippen MR) is 91.1 cm³/mol. The first-order valence-corrected chi connectivity index (χ1v) is 8.48. The summed E-state index contributed by atoms with van der Waals surface area (Å²) in [6.45, 7) is 6.10. The van der Waals surface area contributed by atoms with Crippen molar-refractivity contribution in [2.24, 2.45) is 0 Å². The van der Waals surface area contributed by atoms with Crippen molar-refractivity contribution < 1.29 is 33.4 Å². The number of ether oxygens (including phenoxy) is 3. The molecule has 0 aromatic carbocycles. The number of ketones is 1. The van der Waals surface area contributed by atoms with E-state index in [9.17, 15) is 19.2 Å². The standard InChI is InChI=1S/C16H21NO7S/c1-5-22-8-12(20)24-7-11(19)17-15-13(16(21)23-6-2)9(3)14(25-15)10(4)18/h5-8H2,1-4H3,(H,17,19). The molecule has 1 heterocycles. The summed E-state index contributed by atoms with van der Waals surface area (Å²) in [5, 5.41) is 2.67.